The molecule has 1 fully saturated rings. The largest absolute Gasteiger partial charge is 0.321 e. The van der Waals surface area contributed by atoms with Gasteiger partial charge in [0.1, 0.15) is 0 Å². The highest BCUT2D eigenvalue weighted by Crippen LogP contribution is 2.37. The van der Waals surface area contributed by atoms with Crippen molar-refractivity contribution in [3.8, 4) is 0 Å². The lowest BCUT2D eigenvalue weighted by Crippen LogP contribution is -2.30. The van der Waals surface area contributed by atoms with Gasteiger partial charge in [0.15, 0.2) is 11.6 Å². The number of hydrogen-bond donors (Lipinski definition) is 3. The number of carbonyl (C=O) groups is 1. The second kappa shape index (κ2) is 5.50. The molecule has 1 aromatic carbocycles. The number of amidine groups is 1. The summed E-state index contributed by atoms with van der Waals surface area (Å²) in [6.45, 7) is 0. The van der Waals surface area contributed by atoms with Crippen molar-refractivity contribution in [1.82, 2.24) is 5.43 Å². The number of benzene rings is 1. The van der Waals surface area contributed by atoms with Crippen molar-refractivity contribution in [2.45, 2.75) is 25.7 Å². The third-order valence-electron chi connectivity index (χ3n) is 3.94. The molecule has 3 rings (SSSR count). The average molecular weight is 305 g/mol. The predicted octanol–water partition coefficient (Wildman–Crippen LogP) is 1.91. The smallest absolute Gasteiger partial charge is 0.189 e. The third kappa shape index (κ3) is 2.94. The summed E-state index contributed by atoms with van der Waals surface area (Å²) in [4.78, 5) is 12.4. The first-order chi connectivity index (χ1) is 10.1. The number of rotatable bonds is 5. The highest BCUT2D eigenvalue weighted by molar-refractivity contribution is 6.32. The Morgan fingerprint density at radius 2 is 2.14 bits per heavy atom. The molecule has 0 amide bonds. The normalized spacial score (nSPS) is 17.9. The van der Waals surface area contributed by atoms with E-state index in [1.807, 2.05) is 12.1 Å². The Kier molecular flexibility index (Phi) is 3.69. The van der Waals surface area contributed by atoms with Gasteiger partial charge in [0.05, 0.1) is 0 Å². The minimum Gasteiger partial charge on any atom is -0.321 e. The fraction of sp³-hybridized carbons (Fsp3) is 0.333. The van der Waals surface area contributed by atoms with Crippen molar-refractivity contribution in [2.24, 2.45) is 22.7 Å². The van der Waals surface area contributed by atoms with Crippen LogP contribution in [-0.4, -0.2) is 11.6 Å². The number of hydrogen-bond acceptors (Lipinski definition) is 4. The molecule has 110 valence electrons. The number of Topliss-reactive ketones (excluding diaryl/α,β-unsaturated/α-hetero) is 1. The van der Waals surface area contributed by atoms with E-state index in [4.69, 9.17) is 23.3 Å². The molecular formula is C15H17ClN4O. The van der Waals surface area contributed by atoms with Crippen LogP contribution in [0, 0.1) is 5.92 Å². The summed E-state index contributed by atoms with van der Waals surface area (Å²) in [6, 6.07) is 5.54. The van der Waals surface area contributed by atoms with E-state index < -0.39 is 0 Å². The molecule has 0 radical (unpaired) electrons. The van der Waals surface area contributed by atoms with Crippen molar-refractivity contribution in [2.75, 3.05) is 0 Å². The van der Waals surface area contributed by atoms with Gasteiger partial charge in [-0.3, -0.25) is 4.79 Å². The van der Waals surface area contributed by atoms with Gasteiger partial charge in [0, 0.05) is 28.2 Å². The van der Waals surface area contributed by atoms with Gasteiger partial charge in [-0.25, -0.2) is 5.84 Å². The second-order valence-electron chi connectivity index (χ2n) is 5.54. The Balaban J connectivity index is 1.78. The predicted molar refractivity (Wildman–Crippen MR) is 82.8 cm³/mol. The lowest BCUT2D eigenvalue weighted by Gasteiger charge is -2.05. The molecule has 5 nitrogen and oxygen atoms in total. The van der Waals surface area contributed by atoms with Crippen LogP contribution in [0.4, 0.5) is 0 Å². The molecule has 0 spiro atoms. The molecular weight excluding hydrogens is 288 g/mol. The van der Waals surface area contributed by atoms with Gasteiger partial charge in [-0.2, -0.15) is 5.10 Å². The Morgan fingerprint density at radius 3 is 2.71 bits per heavy atom. The van der Waals surface area contributed by atoms with Crippen LogP contribution in [0.15, 0.2) is 34.4 Å². The monoisotopic (exact) mass is 304 g/mol. The van der Waals surface area contributed by atoms with Crippen LogP contribution < -0.4 is 17.1 Å². The zero-order valence-electron chi connectivity index (χ0n) is 11.5. The summed E-state index contributed by atoms with van der Waals surface area (Å²) < 4.78 is 0. The fourth-order valence-corrected chi connectivity index (χ4v) is 2.70. The van der Waals surface area contributed by atoms with Crippen LogP contribution in [0.5, 0.6) is 0 Å². The van der Waals surface area contributed by atoms with Crippen LogP contribution in [0.3, 0.4) is 0 Å². The van der Waals surface area contributed by atoms with Gasteiger partial charge < -0.3 is 11.3 Å². The number of hydrazine groups is 1. The number of nitrogens with two attached hydrogens (primary N) is 2. The van der Waals surface area contributed by atoms with Gasteiger partial charge >= 0.3 is 0 Å². The number of nitrogens with one attached hydrogen (secondary N) is 1. The zero-order chi connectivity index (χ0) is 15.0. The van der Waals surface area contributed by atoms with Gasteiger partial charge in [0.2, 0.25) is 0 Å². The summed E-state index contributed by atoms with van der Waals surface area (Å²) in [7, 11) is 0. The van der Waals surface area contributed by atoms with E-state index in [0.29, 0.717) is 28.4 Å². The summed E-state index contributed by atoms with van der Waals surface area (Å²) in [5.74, 6) is 11.6. The molecule has 0 heterocycles. The number of allylic oxidation sites excluding steroid dienone is 1. The van der Waals surface area contributed by atoms with Crippen molar-refractivity contribution in [1.29, 1.82) is 0 Å². The standard InChI is InChI=1S/C15H17ClN4O/c16-13-6-10(4-3-9(13)5-8-1-2-8)14(21)11-7-12(11)15(19-17)20-18/h3-4,6,8H,1-2,5,7,17-18H2,(H,19,20). The van der Waals surface area contributed by atoms with Gasteiger partial charge in [-0.15, -0.1) is 0 Å². The highest BCUT2D eigenvalue weighted by atomic mass is 35.5. The molecule has 0 bridgehead atoms. The average Bonchev–Trinajstić information content (AvgIpc) is 3.36. The first-order valence-corrected chi connectivity index (χ1v) is 7.31. The van der Waals surface area contributed by atoms with Crippen LogP contribution in [0.2, 0.25) is 5.02 Å². The fourth-order valence-electron chi connectivity index (χ4n) is 2.44. The maximum Gasteiger partial charge on any atom is 0.189 e. The lowest BCUT2D eigenvalue weighted by atomic mass is 10.0. The maximum atomic E-state index is 12.4. The molecule has 5 N–H and O–H groups in total. The van der Waals surface area contributed by atoms with E-state index in [9.17, 15) is 4.79 Å². The molecule has 0 aromatic heterocycles. The van der Waals surface area contributed by atoms with Gasteiger partial charge in [0.25, 0.3) is 0 Å². The van der Waals surface area contributed by atoms with Gasteiger partial charge in [-0.1, -0.05) is 23.7 Å². The van der Waals surface area contributed by atoms with E-state index in [-0.39, 0.29) is 5.78 Å². The summed E-state index contributed by atoms with van der Waals surface area (Å²) in [5.41, 5.74) is 5.55. The number of carbonyl (C=O) groups excluding carboxylic acids is 1. The van der Waals surface area contributed by atoms with Crippen LogP contribution in [-0.2, 0) is 6.42 Å². The van der Waals surface area contributed by atoms with E-state index in [2.05, 4.69) is 10.5 Å². The summed E-state index contributed by atoms with van der Waals surface area (Å²) in [6.07, 6.45) is 4.12. The molecule has 21 heavy (non-hydrogen) atoms. The van der Waals surface area contributed by atoms with Crippen LogP contribution >= 0.6 is 11.6 Å². The second-order valence-corrected chi connectivity index (χ2v) is 5.95. The molecule has 0 aliphatic heterocycles. The number of halogens is 1. The van der Waals surface area contributed by atoms with Crippen molar-refractivity contribution in [3.63, 3.8) is 0 Å². The first kappa shape index (κ1) is 14.1. The van der Waals surface area contributed by atoms with Gasteiger partial charge in [-0.05, 0) is 36.8 Å². The number of nitrogens with zero attached hydrogens (tertiary/aromatic N) is 1. The Morgan fingerprint density at radius 1 is 1.38 bits per heavy atom. The van der Waals surface area contributed by atoms with Crippen molar-refractivity contribution < 1.29 is 4.79 Å². The Hall–Kier alpha value is -1.85. The Labute approximate surface area is 128 Å². The number of ketones is 1. The quantitative estimate of drug-likeness (QED) is 0.255. The lowest BCUT2D eigenvalue weighted by molar-refractivity contribution is 0.103. The van der Waals surface area contributed by atoms with E-state index in [0.717, 1.165) is 23.5 Å². The Bertz CT molecular complexity index is 662. The van der Waals surface area contributed by atoms with Crippen LogP contribution in [0.25, 0.3) is 0 Å². The summed E-state index contributed by atoms with van der Waals surface area (Å²) in [5, 5.41) is 4.18. The molecule has 0 saturated heterocycles. The first-order valence-electron chi connectivity index (χ1n) is 6.94. The molecule has 2 aliphatic rings. The van der Waals surface area contributed by atoms with Crippen molar-refractivity contribution in [3.05, 3.63) is 45.5 Å². The van der Waals surface area contributed by atoms with E-state index >= 15 is 0 Å². The number of hydrazone groups is 1. The summed E-state index contributed by atoms with van der Waals surface area (Å²) >= 11 is 6.28. The molecule has 1 saturated carbocycles. The topological polar surface area (TPSA) is 93.5 Å². The van der Waals surface area contributed by atoms with E-state index in [1.165, 1.54) is 12.8 Å². The molecule has 1 aromatic rings. The molecule has 0 atom stereocenters. The maximum absolute atomic E-state index is 12.4. The highest BCUT2D eigenvalue weighted by Gasteiger charge is 2.32. The van der Waals surface area contributed by atoms with Crippen molar-refractivity contribution >= 4 is 23.2 Å². The molecule has 0 unspecified atom stereocenters. The van der Waals surface area contributed by atoms with Crippen LogP contribution in [0.1, 0.15) is 35.2 Å². The zero-order valence-corrected chi connectivity index (χ0v) is 12.3. The SMILES string of the molecule is N/N=C(/NN)C1=C(C(=O)c2ccc(CC3CC3)c(Cl)c2)C1. The minimum atomic E-state index is -0.0405. The minimum absolute atomic E-state index is 0.0405. The van der Waals surface area contributed by atoms with E-state index in [1.54, 1.807) is 6.07 Å². The molecule has 2 aliphatic carbocycles. The third-order valence-corrected chi connectivity index (χ3v) is 4.29. The molecule has 6 heteroatoms.